The molecule has 3 aromatic rings. The van der Waals surface area contributed by atoms with Crippen molar-refractivity contribution in [2.24, 2.45) is 0 Å². The summed E-state index contributed by atoms with van der Waals surface area (Å²) in [7, 11) is 3.54. The number of carbonyl (C=O) groups is 1. The minimum atomic E-state index is -0.376. The highest BCUT2D eigenvalue weighted by Crippen LogP contribution is 2.26. The van der Waals surface area contributed by atoms with E-state index in [0.717, 1.165) is 55.0 Å². The maximum absolute atomic E-state index is 11.9. The van der Waals surface area contributed by atoms with Gasteiger partial charge in [0.2, 0.25) is 0 Å². The number of carbonyl (C=O) groups excluding carboxylic acids is 1. The van der Waals surface area contributed by atoms with E-state index in [1.165, 1.54) is 7.11 Å². The third-order valence-electron chi connectivity index (χ3n) is 5.40. The number of piperazine rings is 1. The summed E-state index contributed by atoms with van der Waals surface area (Å²) in [6, 6.07) is 9.93. The van der Waals surface area contributed by atoms with Gasteiger partial charge < -0.3 is 19.4 Å². The number of aromatic nitrogens is 2. The van der Waals surface area contributed by atoms with Crippen molar-refractivity contribution in [3.05, 3.63) is 48.3 Å². The number of H-pyrrole nitrogens is 1. The SMILES string of the molecule is COC(=O)c1c[nH]c2ncc(-c3ccc(OCCN4CCN(C)CC4)cc3)cc12. The van der Waals surface area contributed by atoms with E-state index in [1.54, 1.807) is 12.4 Å². The second-order valence-corrected chi connectivity index (χ2v) is 7.33. The number of methoxy groups -OCH3 is 1. The Labute approximate surface area is 170 Å². The summed E-state index contributed by atoms with van der Waals surface area (Å²) in [5.74, 6) is 0.480. The van der Waals surface area contributed by atoms with Gasteiger partial charge in [0, 0.05) is 56.1 Å². The predicted octanol–water partition coefficient (Wildman–Crippen LogP) is 2.64. The van der Waals surface area contributed by atoms with Crippen molar-refractivity contribution in [1.82, 2.24) is 19.8 Å². The maximum Gasteiger partial charge on any atom is 0.340 e. The normalized spacial score (nSPS) is 15.5. The molecular weight excluding hydrogens is 368 g/mol. The Bertz CT molecular complexity index is 975. The highest BCUT2D eigenvalue weighted by atomic mass is 16.5. The van der Waals surface area contributed by atoms with E-state index in [0.29, 0.717) is 17.8 Å². The largest absolute Gasteiger partial charge is 0.492 e. The molecule has 3 heterocycles. The van der Waals surface area contributed by atoms with Crippen molar-refractivity contribution in [2.45, 2.75) is 0 Å². The molecule has 0 amide bonds. The van der Waals surface area contributed by atoms with Gasteiger partial charge in [-0.3, -0.25) is 4.90 Å². The van der Waals surface area contributed by atoms with Crippen LogP contribution in [-0.4, -0.2) is 79.2 Å². The minimum Gasteiger partial charge on any atom is -0.492 e. The fraction of sp³-hybridized carbons (Fsp3) is 0.364. The molecule has 0 unspecified atom stereocenters. The van der Waals surface area contributed by atoms with E-state index < -0.39 is 0 Å². The summed E-state index contributed by atoms with van der Waals surface area (Å²) in [6.07, 6.45) is 3.42. The van der Waals surface area contributed by atoms with Crippen LogP contribution >= 0.6 is 0 Å². The summed E-state index contributed by atoms with van der Waals surface area (Å²) in [5.41, 5.74) is 3.10. The summed E-state index contributed by atoms with van der Waals surface area (Å²) < 4.78 is 10.8. The molecule has 1 aromatic carbocycles. The summed E-state index contributed by atoms with van der Waals surface area (Å²) >= 11 is 0. The van der Waals surface area contributed by atoms with Crippen LogP contribution in [0.5, 0.6) is 5.75 Å². The molecular formula is C22H26N4O3. The first-order chi connectivity index (χ1) is 14.1. The van der Waals surface area contributed by atoms with Gasteiger partial charge in [-0.05, 0) is 30.8 Å². The van der Waals surface area contributed by atoms with Crippen LogP contribution in [0.3, 0.4) is 0 Å². The summed E-state index contributed by atoms with van der Waals surface area (Å²) in [6.45, 7) is 6.06. The van der Waals surface area contributed by atoms with Crippen LogP contribution in [0.2, 0.25) is 0 Å². The van der Waals surface area contributed by atoms with Gasteiger partial charge >= 0.3 is 5.97 Å². The monoisotopic (exact) mass is 394 g/mol. The molecule has 0 atom stereocenters. The average Bonchev–Trinajstić information content (AvgIpc) is 3.18. The molecule has 0 radical (unpaired) electrons. The van der Waals surface area contributed by atoms with Gasteiger partial charge in [-0.2, -0.15) is 0 Å². The Hall–Kier alpha value is -2.90. The smallest absolute Gasteiger partial charge is 0.340 e. The van der Waals surface area contributed by atoms with Gasteiger partial charge in [0.25, 0.3) is 0 Å². The van der Waals surface area contributed by atoms with Crippen LogP contribution in [0, 0.1) is 0 Å². The van der Waals surface area contributed by atoms with Crippen LogP contribution in [0.1, 0.15) is 10.4 Å². The summed E-state index contributed by atoms with van der Waals surface area (Å²) in [5, 5.41) is 0.752. The Morgan fingerprint density at radius 2 is 1.90 bits per heavy atom. The molecule has 152 valence electrons. The molecule has 1 N–H and O–H groups in total. The minimum absolute atomic E-state index is 0.376. The summed E-state index contributed by atoms with van der Waals surface area (Å²) in [4.78, 5) is 24.1. The third-order valence-corrected chi connectivity index (χ3v) is 5.40. The second-order valence-electron chi connectivity index (χ2n) is 7.33. The number of hydrogen-bond acceptors (Lipinski definition) is 6. The second kappa shape index (κ2) is 8.63. The fourth-order valence-corrected chi connectivity index (χ4v) is 3.55. The van der Waals surface area contributed by atoms with Crippen molar-refractivity contribution in [3.8, 4) is 16.9 Å². The number of rotatable bonds is 6. The number of fused-ring (bicyclic) bond motifs is 1. The van der Waals surface area contributed by atoms with Crippen LogP contribution in [-0.2, 0) is 4.74 Å². The highest BCUT2D eigenvalue weighted by molar-refractivity contribution is 6.04. The lowest BCUT2D eigenvalue weighted by Crippen LogP contribution is -2.45. The van der Waals surface area contributed by atoms with E-state index >= 15 is 0 Å². The Kier molecular flexibility index (Phi) is 5.78. The number of nitrogens with zero attached hydrogens (tertiary/aromatic N) is 3. The van der Waals surface area contributed by atoms with E-state index in [-0.39, 0.29) is 5.97 Å². The van der Waals surface area contributed by atoms with E-state index in [4.69, 9.17) is 9.47 Å². The third kappa shape index (κ3) is 4.41. The molecule has 1 fully saturated rings. The maximum atomic E-state index is 11.9. The number of likely N-dealkylation sites (N-methyl/N-ethyl adjacent to an activating group) is 1. The number of esters is 1. The molecule has 1 aliphatic heterocycles. The van der Waals surface area contributed by atoms with Gasteiger partial charge in [-0.15, -0.1) is 0 Å². The van der Waals surface area contributed by atoms with E-state index in [2.05, 4.69) is 26.8 Å². The molecule has 0 bridgehead atoms. The molecule has 0 aliphatic carbocycles. The lowest BCUT2D eigenvalue weighted by Gasteiger charge is -2.32. The first kappa shape index (κ1) is 19.4. The molecule has 7 heteroatoms. The van der Waals surface area contributed by atoms with Crippen molar-refractivity contribution in [2.75, 3.05) is 53.5 Å². The Morgan fingerprint density at radius 3 is 2.62 bits per heavy atom. The van der Waals surface area contributed by atoms with Gasteiger partial charge in [-0.25, -0.2) is 9.78 Å². The van der Waals surface area contributed by atoms with Gasteiger partial charge in [-0.1, -0.05) is 12.1 Å². The molecule has 1 saturated heterocycles. The van der Waals surface area contributed by atoms with E-state index in [1.807, 2.05) is 30.3 Å². The van der Waals surface area contributed by atoms with Crippen molar-refractivity contribution in [3.63, 3.8) is 0 Å². The number of aromatic amines is 1. The van der Waals surface area contributed by atoms with Crippen molar-refractivity contribution in [1.29, 1.82) is 0 Å². The molecule has 2 aromatic heterocycles. The van der Waals surface area contributed by atoms with Crippen LogP contribution in [0.4, 0.5) is 0 Å². The highest BCUT2D eigenvalue weighted by Gasteiger charge is 2.15. The number of pyridine rings is 1. The van der Waals surface area contributed by atoms with Gasteiger partial charge in [0.15, 0.2) is 0 Å². The molecule has 29 heavy (non-hydrogen) atoms. The molecule has 0 saturated carbocycles. The average molecular weight is 394 g/mol. The van der Waals surface area contributed by atoms with Crippen LogP contribution in [0.15, 0.2) is 42.7 Å². The molecule has 7 nitrogen and oxygen atoms in total. The molecule has 0 spiro atoms. The Balaban J connectivity index is 1.40. The number of nitrogens with one attached hydrogen (secondary N) is 1. The number of benzene rings is 1. The number of hydrogen-bond donors (Lipinski definition) is 1. The van der Waals surface area contributed by atoms with Crippen molar-refractivity contribution >= 4 is 17.0 Å². The van der Waals surface area contributed by atoms with Gasteiger partial charge in [0.05, 0.1) is 12.7 Å². The lowest BCUT2D eigenvalue weighted by atomic mass is 10.1. The first-order valence-corrected chi connectivity index (χ1v) is 9.83. The molecule has 1 aliphatic rings. The predicted molar refractivity (Wildman–Crippen MR) is 112 cm³/mol. The van der Waals surface area contributed by atoms with Gasteiger partial charge in [0.1, 0.15) is 18.0 Å². The zero-order valence-corrected chi connectivity index (χ0v) is 16.9. The van der Waals surface area contributed by atoms with Crippen LogP contribution in [0.25, 0.3) is 22.2 Å². The standard InChI is InChI=1S/C22H26N4O3/c1-25-7-9-26(10-8-25)11-12-29-18-5-3-16(4-6-18)17-13-19-20(22(27)28-2)15-24-21(19)23-14-17/h3-6,13-15H,7-12H2,1-2H3,(H,23,24). The number of ether oxygens (including phenoxy) is 2. The zero-order chi connectivity index (χ0) is 20.2. The topological polar surface area (TPSA) is 70.7 Å². The van der Waals surface area contributed by atoms with Crippen LogP contribution < -0.4 is 4.74 Å². The van der Waals surface area contributed by atoms with Crippen molar-refractivity contribution < 1.29 is 14.3 Å². The quantitative estimate of drug-likeness (QED) is 0.648. The van der Waals surface area contributed by atoms with E-state index in [9.17, 15) is 4.79 Å². The Morgan fingerprint density at radius 1 is 1.14 bits per heavy atom. The molecule has 4 rings (SSSR count). The lowest BCUT2D eigenvalue weighted by molar-refractivity contribution is 0.0603. The fourth-order valence-electron chi connectivity index (χ4n) is 3.55. The zero-order valence-electron chi connectivity index (χ0n) is 16.9. The first-order valence-electron chi connectivity index (χ1n) is 9.83.